The smallest absolute Gasteiger partial charge is 0.307 e. The predicted molar refractivity (Wildman–Crippen MR) is 71.1 cm³/mol. The van der Waals surface area contributed by atoms with Gasteiger partial charge < -0.3 is 14.7 Å². The Hall–Kier alpha value is -1.59. The van der Waals surface area contributed by atoms with Crippen LogP contribution in [0.3, 0.4) is 0 Å². The van der Waals surface area contributed by atoms with Crippen molar-refractivity contribution in [2.75, 3.05) is 26.8 Å². The van der Waals surface area contributed by atoms with Gasteiger partial charge in [-0.1, -0.05) is 11.6 Å². The van der Waals surface area contributed by atoms with Crippen LogP contribution in [0, 0.1) is 0 Å². The van der Waals surface area contributed by atoms with Crippen LogP contribution in [0.25, 0.3) is 0 Å². The molecule has 1 N–H and O–H groups in total. The van der Waals surface area contributed by atoms with Crippen LogP contribution in [0.1, 0.15) is 16.8 Å². The Labute approximate surface area is 116 Å². The fourth-order valence-electron chi connectivity index (χ4n) is 1.54. The van der Waals surface area contributed by atoms with Crippen molar-refractivity contribution in [3.05, 3.63) is 34.9 Å². The van der Waals surface area contributed by atoms with E-state index >= 15 is 0 Å². The molecule has 0 fully saturated rings. The molecule has 5 nitrogen and oxygen atoms in total. The van der Waals surface area contributed by atoms with Gasteiger partial charge in [-0.05, 0) is 24.3 Å². The molecule has 104 valence electrons. The van der Waals surface area contributed by atoms with Gasteiger partial charge in [0.1, 0.15) is 0 Å². The standard InChI is InChI=1S/C13H16ClNO4/c1-19-12(17)6-7-15(8-9-16)13(18)10-2-4-11(14)5-3-10/h2-5,16H,6-9H2,1H3. The van der Waals surface area contributed by atoms with E-state index in [-0.39, 0.29) is 32.0 Å². The number of benzene rings is 1. The minimum absolute atomic E-state index is 0.0931. The molecular formula is C13H16ClNO4. The molecule has 1 aromatic rings. The Morgan fingerprint density at radius 2 is 1.89 bits per heavy atom. The van der Waals surface area contributed by atoms with Crippen molar-refractivity contribution in [3.63, 3.8) is 0 Å². The first-order chi connectivity index (χ1) is 9.08. The monoisotopic (exact) mass is 285 g/mol. The number of hydrogen-bond acceptors (Lipinski definition) is 4. The molecule has 0 saturated carbocycles. The lowest BCUT2D eigenvalue weighted by Gasteiger charge is -2.21. The van der Waals surface area contributed by atoms with Gasteiger partial charge in [0.2, 0.25) is 0 Å². The third-order valence-electron chi connectivity index (χ3n) is 2.56. The fourth-order valence-corrected chi connectivity index (χ4v) is 1.66. The zero-order valence-electron chi connectivity index (χ0n) is 10.6. The molecule has 1 aromatic carbocycles. The van der Waals surface area contributed by atoms with Crippen molar-refractivity contribution in [1.29, 1.82) is 0 Å². The Balaban J connectivity index is 2.71. The molecule has 0 atom stereocenters. The number of esters is 1. The molecule has 0 saturated heterocycles. The van der Waals surface area contributed by atoms with Gasteiger partial charge in [-0.25, -0.2) is 0 Å². The van der Waals surface area contributed by atoms with Crippen LogP contribution in [-0.4, -0.2) is 48.7 Å². The van der Waals surface area contributed by atoms with Crippen molar-refractivity contribution in [2.45, 2.75) is 6.42 Å². The highest BCUT2D eigenvalue weighted by atomic mass is 35.5. The highest BCUT2D eigenvalue weighted by molar-refractivity contribution is 6.30. The van der Waals surface area contributed by atoms with E-state index in [1.54, 1.807) is 24.3 Å². The molecule has 0 radical (unpaired) electrons. The lowest BCUT2D eigenvalue weighted by atomic mass is 10.2. The predicted octanol–water partition coefficient (Wildman–Crippen LogP) is 1.34. The zero-order valence-corrected chi connectivity index (χ0v) is 11.4. The summed E-state index contributed by atoms with van der Waals surface area (Å²) in [6.07, 6.45) is 0.0931. The molecule has 1 rings (SSSR count). The average molecular weight is 286 g/mol. The second kappa shape index (κ2) is 7.76. The van der Waals surface area contributed by atoms with E-state index in [0.29, 0.717) is 10.6 Å². The van der Waals surface area contributed by atoms with Crippen LogP contribution in [0.2, 0.25) is 5.02 Å². The topological polar surface area (TPSA) is 66.8 Å². The van der Waals surface area contributed by atoms with Crippen molar-refractivity contribution >= 4 is 23.5 Å². The maximum atomic E-state index is 12.2. The maximum absolute atomic E-state index is 12.2. The third kappa shape index (κ3) is 4.89. The number of aliphatic hydroxyl groups excluding tert-OH is 1. The number of hydrogen-bond donors (Lipinski definition) is 1. The summed E-state index contributed by atoms with van der Waals surface area (Å²) in [6.45, 7) is 0.202. The molecule has 0 aromatic heterocycles. The number of ether oxygens (including phenoxy) is 1. The van der Waals surface area contributed by atoms with Gasteiger partial charge in [0.25, 0.3) is 5.91 Å². The van der Waals surface area contributed by atoms with Crippen molar-refractivity contribution in [1.82, 2.24) is 4.90 Å². The van der Waals surface area contributed by atoms with E-state index in [2.05, 4.69) is 4.74 Å². The van der Waals surface area contributed by atoms with Gasteiger partial charge in [0.15, 0.2) is 0 Å². The maximum Gasteiger partial charge on any atom is 0.307 e. The molecule has 19 heavy (non-hydrogen) atoms. The summed E-state index contributed by atoms with van der Waals surface area (Å²) in [5.41, 5.74) is 0.461. The Bertz CT molecular complexity index is 433. The van der Waals surface area contributed by atoms with Gasteiger partial charge >= 0.3 is 5.97 Å². The van der Waals surface area contributed by atoms with E-state index in [1.165, 1.54) is 12.0 Å². The van der Waals surface area contributed by atoms with E-state index in [4.69, 9.17) is 16.7 Å². The summed E-state index contributed by atoms with van der Waals surface area (Å²) in [5, 5.41) is 9.51. The van der Waals surface area contributed by atoms with E-state index in [9.17, 15) is 9.59 Å². The highest BCUT2D eigenvalue weighted by Gasteiger charge is 2.16. The van der Waals surface area contributed by atoms with Gasteiger partial charge in [-0.2, -0.15) is 0 Å². The first-order valence-electron chi connectivity index (χ1n) is 5.81. The summed E-state index contributed by atoms with van der Waals surface area (Å²) < 4.78 is 4.52. The zero-order chi connectivity index (χ0) is 14.3. The Kier molecular flexibility index (Phi) is 6.32. The highest BCUT2D eigenvalue weighted by Crippen LogP contribution is 2.12. The van der Waals surface area contributed by atoms with Gasteiger partial charge in [0, 0.05) is 23.7 Å². The molecular weight excluding hydrogens is 270 g/mol. The summed E-state index contributed by atoms with van der Waals surface area (Å²) in [5.74, 6) is -0.651. The molecule has 0 bridgehead atoms. The minimum atomic E-state index is -0.396. The second-order valence-corrected chi connectivity index (χ2v) is 4.29. The summed E-state index contributed by atoms with van der Waals surface area (Å²) in [7, 11) is 1.29. The molecule has 0 aliphatic heterocycles. The van der Waals surface area contributed by atoms with Crippen molar-refractivity contribution in [3.8, 4) is 0 Å². The van der Waals surface area contributed by atoms with Crippen LogP contribution in [-0.2, 0) is 9.53 Å². The van der Waals surface area contributed by atoms with Gasteiger partial charge in [-0.15, -0.1) is 0 Å². The van der Waals surface area contributed by atoms with E-state index in [1.807, 2.05) is 0 Å². The number of nitrogens with zero attached hydrogens (tertiary/aromatic N) is 1. The van der Waals surface area contributed by atoms with Gasteiger partial charge in [0.05, 0.1) is 20.1 Å². The number of methoxy groups -OCH3 is 1. The Morgan fingerprint density at radius 1 is 1.26 bits per heavy atom. The second-order valence-electron chi connectivity index (χ2n) is 3.85. The van der Waals surface area contributed by atoms with Crippen LogP contribution in [0.15, 0.2) is 24.3 Å². The lowest BCUT2D eigenvalue weighted by Crippen LogP contribution is -2.35. The van der Waals surface area contributed by atoms with Crippen molar-refractivity contribution < 1.29 is 19.4 Å². The number of carbonyl (C=O) groups excluding carboxylic acids is 2. The molecule has 1 amide bonds. The molecule has 0 spiro atoms. The lowest BCUT2D eigenvalue weighted by molar-refractivity contribution is -0.140. The average Bonchev–Trinajstić information content (AvgIpc) is 2.43. The van der Waals surface area contributed by atoms with Gasteiger partial charge in [-0.3, -0.25) is 9.59 Å². The number of rotatable bonds is 6. The summed E-state index contributed by atoms with van der Waals surface area (Å²) >= 11 is 5.75. The number of aliphatic hydroxyl groups is 1. The van der Waals surface area contributed by atoms with E-state index in [0.717, 1.165) is 0 Å². The van der Waals surface area contributed by atoms with Crippen LogP contribution < -0.4 is 0 Å². The van der Waals surface area contributed by atoms with Crippen molar-refractivity contribution in [2.24, 2.45) is 0 Å². The summed E-state index contributed by atoms with van der Waals surface area (Å²) in [4.78, 5) is 24.7. The SMILES string of the molecule is COC(=O)CCN(CCO)C(=O)c1ccc(Cl)cc1. The third-order valence-corrected chi connectivity index (χ3v) is 2.81. The quantitative estimate of drug-likeness (QED) is 0.801. The van der Waals surface area contributed by atoms with Crippen LogP contribution in [0.4, 0.5) is 0 Å². The molecule has 0 aliphatic rings. The number of halogens is 1. The van der Waals surface area contributed by atoms with Crippen LogP contribution in [0.5, 0.6) is 0 Å². The van der Waals surface area contributed by atoms with E-state index < -0.39 is 5.97 Å². The Morgan fingerprint density at radius 3 is 2.42 bits per heavy atom. The number of amides is 1. The number of carbonyl (C=O) groups is 2. The van der Waals surface area contributed by atoms with Crippen LogP contribution >= 0.6 is 11.6 Å². The largest absolute Gasteiger partial charge is 0.469 e. The molecule has 6 heteroatoms. The first kappa shape index (κ1) is 15.5. The molecule has 0 heterocycles. The molecule has 0 aliphatic carbocycles. The first-order valence-corrected chi connectivity index (χ1v) is 6.18. The normalized spacial score (nSPS) is 10.1. The fraction of sp³-hybridized carbons (Fsp3) is 0.385. The molecule has 0 unspecified atom stereocenters. The minimum Gasteiger partial charge on any atom is -0.469 e. The summed E-state index contributed by atoms with van der Waals surface area (Å²) in [6, 6.07) is 6.44.